The fourth-order valence-electron chi connectivity index (χ4n) is 3.67. The summed E-state index contributed by atoms with van der Waals surface area (Å²) in [6.07, 6.45) is 2.94. The number of carbonyl (C=O) groups is 1. The van der Waals surface area contributed by atoms with Crippen molar-refractivity contribution in [3.8, 4) is 0 Å². The van der Waals surface area contributed by atoms with Crippen molar-refractivity contribution < 1.29 is 14.3 Å². The number of rotatable bonds is 5. The number of ether oxygens (including phenoxy) is 2. The van der Waals surface area contributed by atoms with Crippen LogP contribution in [0.25, 0.3) is 0 Å². The van der Waals surface area contributed by atoms with Gasteiger partial charge in [-0.2, -0.15) is 0 Å². The lowest BCUT2D eigenvalue weighted by Gasteiger charge is -2.52. The third-order valence-corrected chi connectivity index (χ3v) is 4.94. The van der Waals surface area contributed by atoms with E-state index >= 15 is 0 Å². The Kier molecular flexibility index (Phi) is 4.87. The zero-order chi connectivity index (χ0) is 16.3. The molecule has 23 heavy (non-hydrogen) atoms. The van der Waals surface area contributed by atoms with Crippen molar-refractivity contribution in [2.45, 2.75) is 50.5 Å². The van der Waals surface area contributed by atoms with Crippen LogP contribution < -0.4 is 5.32 Å². The molecule has 1 aliphatic carbocycles. The van der Waals surface area contributed by atoms with Crippen LogP contribution in [-0.2, 0) is 16.0 Å². The summed E-state index contributed by atoms with van der Waals surface area (Å²) in [5.41, 5.74) is 0.817. The van der Waals surface area contributed by atoms with Crippen molar-refractivity contribution >= 4 is 6.03 Å². The van der Waals surface area contributed by atoms with Gasteiger partial charge < -0.3 is 19.7 Å². The van der Waals surface area contributed by atoms with Gasteiger partial charge in [-0.3, -0.25) is 0 Å². The standard InChI is InChI=1S/C18H26N2O3/c1-3-22-16-12-15(18(16)10-7-11-23-18)19-17(21)20(2)13-14-8-5-4-6-9-14/h4-6,8-9,15-16H,3,7,10-13H2,1-2H3,(H,19,21). The molecule has 126 valence electrons. The average molecular weight is 318 g/mol. The Morgan fingerprint density at radius 3 is 2.87 bits per heavy atom. The molecular formula is C18H26N2O3. The van der Waals surface area contributed by atoms with Gasteiger partial charge in [0.25, 0.3) is 0 Å². The number of benzene rings is 1. The van der Waals surface area contributed by atoms with E-state index < -0.39 is 0 Å². The van der Waals surface area contributed by atoms with Crippen LogP contribution in [0, 0.1) is 0 Å². The zero-order valence-electron chi connectivity index (χ0n) is 14.0. The maximum Gasteiger partial charge on any atom is 0.317 e. The van der Waals surface area contributed by atoms with Crippen LogP contribution in [0.3, 0.4) is 0 Å². The SMILES string of the molecule is CCOC1CC(NC(=O)N(C)Cc2ccccc2)C12CCCO2. The molecular weight excluding hydrogens is 292 g/mol. The molecule has 1 saturated carbocycles. The molecule has 1 N–H and O–H groups in total. The van der Waals surface area contributed by atoms with Crippen molar-refractivity contribution in [3.63, 3.8) is 0 Å². The van der Waals surface area contributed by atoms with E-state index in [1.165, 1.54) is 0 Å². The Hall–Kier alpha value is -1.59. The number of nitrogens with zero attached hydrogens (tertiary/aromatic N) is 1. The van der Waals surface area contributed by atoms with Crippen LogP contribution in [0.1, 0.15) is 31.7 Å². The second-order valence-electron chi connectivity index (χ2n) is 6.43. The number of nitrogens with one attached hydrogen (secondary N) is 1. The van der Waals surface area contributed by atoms with Gasteiger partial charge in [-0.1, -0.05) is 30.3 Å². The van der Waals surface area contributed by atoms with Crippen molar-refractivity contribution in [2.24, 2.45) is 0 Å². The first kappa shape index (κ1) is 16.3. The highest BCUT2D eigenvalue weighted by Crippen LogP contribution is 2.45. The molecule has 1 aliphatic heterocycles. The minimum absolute atomic E-state index is 0.0484. The van der Waals surface area contributed by atoms with Crippen LogP contribution >= 0.6 is 0 Å². The van der Waals surface area contributed by atoms with Crippen molar-refractivity contribution in [1.82, 2.24) is 10.2 Å². The Labute approximate surface area is 137 Å². The molecule has 0 aromatic heterocycles. The zero-order valence-corrected chi connectivity index (χ0v) is 14.0. The van der Waals surface area contributed by atoms with E-state index in [-0.39, 0.29) is 23.8 Å². The normalized spacial score (nSPS) is 29.3. The highest BCUT2D eigenvalue weighted by molar-refractivity contribution is 5.74. The molecule has 2 amide bonds. The molecule has 5 nitrogen and oxygen atoms in total. The van der Waals surface area contributed by atoms with Gasteiger partial charge in [0.2, 0.25) is 0 Å². The van der Waals surface area contributed by atoms with Gasteiger partial charge in [0.15, 0.2) is 0 Å². The van der Waals surface area contributed by atoms with E-state index in [0.29, 0.717) is 13.2 Å². The quantitative estimate of drug-likeness (QED) is 0.908. The molecule has 3 rings (SSSR count). The minimum atomic E-state index is -0.306. The lowest BCUT2D eigenvalue weighted by Crippen LogP contribution is -2.70. The first-order valence-electron chi connectivity index (χ1n) is 8.47. The van der Waals surface area contributed by atoms with Gasteiger partial charge >= 0.3 is 6.03 Å². The van der Waals surface area contributed by atoms with Crippen LogP contribution in [0.2, 0.25) is 0 Å². The van der Waals surface area contributed by atoms with Gasteiger partial charge in [0.1, 0.15) is 5.60 Å². The number of hydrogen-bond acceptors (Lipinski definition) is 3. The largest absolute Gasteiger partial charge is 0.375 e. The fraction of sp³-hybridized carbons (Fsp3) is 0.611. The summed E-state index contributed by atoms with van der Waals surface area (Å²) in [6, 6.07) is 10.0. The highest BCUT2D eigenvalue weighted by Gasteiger charge is 2.59. The Bertz CT molecular complexity index is 528. The predicted molar refractivity (Wildman–Crippen MR) is 88.2 cm³/mol. The Morgan fingerprint density at radius 2 is 2.22 bits per heavy atom. The van der Waals surface area contributed by atoms with Gasteiger partial charge in [-0.25, -0.2) is 4.79 Å². The summed E-state index contributed by atoms with van der Waals surface area (Å²) in [4.78, 5) is 14.2. The van der Waals surface area contributed by atoms with E-state index in [4.69, 9.17) is 9.47 Å². The van der Waals surface area contributed by atoms with Crippen molar-refractivity contribution in [3.05, 3.63) is 35.9 Å². The lowest BCUT2D eigenvalue weighted by atomic mass is 9.70. The number of amides is 2. The van der Waals surface area contributed by atoms with E-state index in [9.17, 15) is 4.79 Å². The van der Waals surface area contributed by atoms with Crippen LogP contribution in [0.15, 0.2) is 30.3 Å². The monoisotopic (exact) mass is 318 g/mol. The van der Waals surface area contributed by atoms with E-state index in [1.807, 2.05) is 44.3 Å². The first-order valence-corrected chi connectivity index (χ1v) is 8.47. The third kappa shape index (κ3) is 3.21. The van der Waals surface area contributed by atoms with Crippen molar-refractivity contribution in [1.29, 1.82) is 0 Å². The summed E-state index contributed by atoms with van der Waals surface area (Å²) in [6.45, 7) is 4.05. The maximum atomic E-state index is 12.5. The summed E-state index contributed by atoms with van der Waals surface area (Å²) >= 11 is 0. The molecule has 2 fully saturated rings. The molecule has 0 bridgehead atoms. The van der Waals surface area contributed by atoms with Gasteiger partial charge in [0, 0.05) is 26.8 Å². The van der Waals surface area contributed by atoms with Crippen molar-refractivity contribution in [2.75, 3.05) is 20.3 Å². The summed E-state index contributed by atoms with van der Waals surface area (Å²) < 4.78 is 11.8. The van der Waals surface area contributed by atoms with E-state index in [0.717, 1.165) is 31.4 Å². The van der Waals surface area contributed by atoms with E-state index in [2.05, 4.69) is 5.32 Å². The Morgan fingerprint density at radius 1 is 1.43 bits per heavy atom. The topological polar surface area (TPSA) is 50.8 Å². The second-order valence-corrected chi connectivity index (χ2v) is 6.43. The summed E-state index contributed by atoms with van der Waals surface area (Å²) in [7, 11) is 1.82. The first-order chi connectivity index (χ1) is 11.2. The van der Waals surface area contributed by atoms with Crippen LogP contribution in [-0.4, -0.2) is 48.9 Å². The minimum Gasteiger partial charge on any atom is -0.375 e. The van der Waals surface area contributed by atoms with E-state index in [1.54, 1.807) is 4.90 Å². The molecule has 1 spiro atoms. The molecule has 3 unspecified atom stereocenters. The Balaban J connectivity index is 1.57. The smallest absolute Gasteiger partial charge is 0.317 e. The van der Waals surface area contributed by atoms with Crippen LogP contribution in [0.5, 0.6) is 0 Å². The fourth-order valence-corrected chi connectivity index (χ4v) is 3.67. The second kappa shape index (κ2) is 6.89. The summed E-state index contributed by atoms with van der Waals surface area (Å²) in [5, 5.41) is 3.14. The number of hydrogen-bond donors (Lipinski definition) is 1. The lowest BCUT2D eigenvalue weighted by molar-refractivity contribution is -0.195. The third-order valence-electron chi connectivity index (χ3n) is 4.94. The molecule has 1 heterocycles. The summed E-state index contributed by atoms with van der Waals surface area (Å²) in [5.74, 6) is 0. The molecule has 5 heteroatoms. The molecule has 1 aromatic carbocycles. The predicted octanol–water partition coefficient (Wildman–Crippen LogP) is 2.55. The van der Waals surface area contributed by atoms with Gasteiger partial charge in [0.05, 0.1) is 12.1 Å². The number of urea groups is 1. The molecule has 3 atom stereocenters. The van der Waals surface area contributed by atoms with Gasteiger partial charge in [-0.05, 0) is 31.7 Å². The highest BCUT2D eigenvalue weighted by atomic mass is 16.6. The number of carbonyl (C=O) groups excluding carboxylic acids is 1. The van der Waals surface area contributed by atoms with Crippen LogP contribution in [0.4, 0.5) is 4.79 Å². The molecule has 0 radical (unpaired) electrons. The van der Waals surface area contributed by atoms with Gasteiger partial charge in [-0.15, -0.1) is 0 Å². The molecule has 1 saturated heterocycles. The maximum absolute atomic E-state index is 12.5. The molecule has 2 aliphatic rings. The average Bonchev–Trinajstić information content (AvgIpc) is 3.07. The molecule has 1 aromatic rings.